The summed E-state index contributed by atoms with van der Waals surface area (Å²) in [6.07, 6.45) is 4.86. The molecule has 0 saturated carbocycles. The molecule has 1 aliphatic heterocycles. The van der Waals surface area contributed by atoms with E-state index >= 15 is 0 Å². The Balaban J connectivity index is 1.96. The molecule has 1 aliphatic carbocycles. The highest BCUT2D eigenvalue weighted by Crippen LogP contribution is 2.53. The standard InChI is InChI=1S/C21H30O2/c1-5-6-7-8-15-12-18(22)20-16-11-14(2)9-10-17(16)21(3,4)23-19(20)13-15/h11-13,16-17,22H,5-10H2,1-4H3/i6D2. The highest BCUT2D eigenvalue weighted by atomic mass is 16.5. The molecule has 0 fully saturated rings. The molecule has 0 aromatic heterocycles. The molecule has 2 heteroatoms. The molecule has 2 unspecified atom stereocenters. The van der Waals surface area contributed by atoms with Crippen LogP contribution in [0.5, 0.6) is 11.5 Å². The van der Waals surface area contributed by atoms with Gasteiger partial charge < -0.3 is 9.84 Å². The molecule has 1 heterocycles. The van der Waals surface area contributed by atoms with E-state index in [1.807, 2.05) is 13.0 Å². The number of ether oxygens (including phenoxy) is 1. The predicted molar refractivity (Wildman–Crippen MR) is 95.3 cm³/mol. The molecule has 1 N–H and O–H groups in total. The average molecular weight is 316 g/mol. The Labute approximate surface area is 143 Å². The first kappa shape index (κ1) is 13.9. The van der Waals surface area contributed by atoms with Gasteiger partial charge in [-0.15, -0.1) is 0 Å². The Hall–Kier alpha value is -1.44. The first-order chi connectivity index (χ1) is 11.6. The number of fused-ring (bicyclic) bond motifs is 3. The highest BCUT2D eigenvalue weighted by molar-refractivity contribution is 5.53. The van der Waals surface area contributed by atoms with E-state index in [-0.39, 0.29) is 11.5 Å². The van der Waals surface area contributed by atoms with Gasteiger partial charge in [-0.1, -0.05) is 31.4 Å². The second-order valence-corrected chi connectivity index (χ2v) is 7.52. The summed E-state index contributed by atoms with van der Waals surface area (Å²) in [4.78, 5) is 0. The van der Waals surface area contributed by atoms with Crippen molar-refractivity contribution in [3.8, 4) is 11.5 Å². The number of phenolic OH excluding ortho intramolecular Hbond substituents is 1. The maximum Gasteiger partial charge on any atom is 0.127 e. The SMILES string of the molecule is [2H]C([2H])(CC)CCc1cc(O)c2c(c1)OC(C)(C)C1CCC(C)=CC21. The maximum absolute atomic E-state index is 10.7. The van der Waals surface area contributed by atoms with Crippen molar-refractivity contribution in [1.82, 2.24) is 0 Å². The van der Waals surface area contributed by atoms with Crippen molar-refractivity contribution < 1.29 is 12.6 Å². The van der Waals surface area contributed by atoms with E-state index < -0.39 is 6.37 Å². The van der Waals surface area contributed by atoms with Gasteiger partial charge in [-0.05, 0) is 64.2 Å². The molecule has 0 amide bonds. The zero-order chi connectivity index (χ0) is 18.4. The number of benzene rings is 1. The fraction of sp³-hybridized carbons (Fsp3) is 0.619. The zero-order valence-corrected chi connectivity index (χ0v) is 14.8. The summed E-state index contributed by atoms with van der Waals surface area (Å²) in [5, 5.41) is 10.7. The number of allylic oxidation sites excluding steroid dienone is 2. The predicted octanol–water partition coefficient (Wildman–Crippen LogP) is 5.74. The Kier molecular flexibility index (Phi) is 3.77. The fourth-order valence-corrected chi connectivity index (χ4v) is 4.13. The van der Waals surface area contributed by atoms with Crippen molar-refractivity contribution in [2.24, 2.45) is 5.92 Å². The molecule has 0 spiro atoms. The van der Waals surface area contributed by atoms with Crippen LogP contribution in [0.1, 0.15) is 79.5 Å². The lowest BCUT2D eigenvalue weighted by Gasteiger charge is -2.46. The van der Waals surface area contributed by atoms with Gasteiger partial charge in [-0.2, -0.15) is 0 Å². The van der Waals surface area contributed by atoms with Crippen LogP contribution in [0.2, 0.25) is 0 Å². The number of aromatic hydroxyl groups is 1. The molecule has 126 valence electrons. The number of hydrogen-bond acceptors (Lipinski definition) is 2. The summed E-state index contributed by atoms with van der Waals surface area (Å²) in [5.74, 6) is 1.63. The Bertz CT molecular complexity index is 691. The normalized spacial score (nSPS) is 27.0. The smallest absolute Gasteiger partial charge is 0.127 e. The first-order valence-corrected chi connectivity index (χ1v) is 8.85. The van der Waals surface area contributed by atoms with Crippen LogP contribution in [-0.2, 0) is 6.42 Å². The summed E-state index contributed by atoms with van der Waals surface area (Å²) in [7, 11) is 0. The quantitative estimate of drug-likeness (QED) is 0.718. The highest BCUT2D eigenvalue weighted by Gasteiger charge is 2.45. The van der Waals surface area contributed by atoms with E-state index in [0.717, 1.165) is 29.7 Å². The third-order valence-corrected chi connectivity index (χ3v) is 5.37. The molecule has 2 aliphatic rings. The van der Waals surface area contributed by atoms with Crippen LogP contribution in [0.15, 0.2) is 23.8 Å². The molecule has 23 heavy (non-hydrogen) atoms. The number of hydrogen-bond donors (Lipinski definition) is 1. The Morgan fingerprint density at radius 1 is 1.39 bits per heavy atom. The molecule has 0 bridgehead atoms. The first-order valence-electron chi connectivity index (χ1n) is 9.85. The zero-order valence-electron chi connectivity index (χ0n) is 16.8. The molecular formula is C21H30O2. The van der Waals surface area contributed by atoms with E-state index in [4.69, 9.17) is 7.48 Å². The largest absolute Gasteiger partial charge is 0.507 e. The summed E-state index contributed by atoms with van der Waals surface area (Å²) >= 11 is 0. The van der Waals surface area contributed by atoms with Gasteiger partial charge in [0.15, 0.2) is 0 Å². The van der Waals surface area contributed by atoms with Crippen LogP contribution < -0.4 is 4.74 Å². The molecule has 1 aromatic carbocycles. The Morgan fingerprint density at radius 3 is 2.91 bits per heavy atom. The second-order valence-electron chi connectivity index (χ2n) is 7.52. The van der Waals surface area contributed by atoms with E-state index in [2.05, 4.69) is 26.8 Å². The van der Waals surface area contributed by atoms with Gasteiger partial charge >= 0.3 is 0 Å². The molecule has 0 saturated heterocycles. The van der Waals surface area contributed by atoms with Gasteiger partial charge in [0.25, 0.3) is 0 Å². The topological polar surface area (TPSA) is 29.5 Å². The van der Waals surface area contributed by atoms with Crippen LogP contribution in [0.3, 0.4) is 0 Å². The van der Waals surface area contributed by atoms with E-state index in [0.29, 0.717) is 30.9 Å². The van der Waals surface area contributed by atoms with Gasteiger partial charge in [0, 0.05) is 20.1 Å². The average Bonchev–Trinajstić information content (AvgIpc) is 2.51. The number of rotatable bonds is 4. The summed E-state index contributed by atoms with van der Waals surface area (Å²) in [6, 6.07) is 3.82. The molecular weight excluding hydrogens is 284 g/mol. The van der Waals surface area contributed by atoms with Crippen LogP contribution in [0.25, 0.3) is 0 Å². The van der Waals surface area contributed by atoms with Gasteiger partial charge in [0.2, 0.25) is 0 Å². The summed E-state index contributed by atoms with van der Waals surface area (Å²) < 4.78 is 22.2. The van der Waals surface area contributed by atoms with Gasteiger partial charge in [-0.3, -0.25) is 0 Å². The molecule has 2 nitrogen and oxygen atoms in total. The van der Waals surface area contributed by atoms with Gasteiger partial charge in [0.1, 0.15) is 17.1 Å². The van der Waals surface area contributed by atoms with Gasteiger partial charge in [-0.25, -0.2) is 0 Å². The minimum atomic E-state index is -1.17. The maximum atomic E-state index is 10.7. The van der Waals surface area contributed by atoms with Crippen molar-refractivity contribution in [3.63, 3.8) is 0 Å². The lowest BCUT2D eigenvalue weighted by molar-refractivity contribution is 0.0107. The van der Waals surface area contributed by atoms with E-state index in [9.17, 15) is 5.11 Å². The van der Waals surface area contributed by atoms with E-state index in [1.54, 1.807) is 6.07 Å². The van der Waals surface area contributed by atoms with Crippen LogP contribution >= 0.6 is 0 Å². The summed E-state index contributed by atoms with van der Waals surface area (Å²) in [5.41, 5.74) is 2.97. The lowest BCUT2D eigenvalue weighted by atomic mass is 9.68. The van der Waals surface area contributed by atoms with Crippen LogP contribution in [0.4, 0.5) is 0 Å². The Morgan fingerprint density at radius 2 is 2.17 bits per heavy atom. The number of phenols is 1. The van der Waals surface area contributed by atoms with Crippen molar-refractivity contribution in [1.29, 1.82) is 0 Å². The minimum absolute atomic E-state index is 0.198. The molecule has 1 aromatic rings. The van der Waals surface area contributed by atoms with Crippen molar-refractivity contribution in [2.45, 2.75) is 77.7 Å². The molecule has 0 radical (unpaired) electrons. The van der Waals surface area contributed by atoms with Crippen LogP contribution in [0, 0.1) is 5.92 Å². The van der Waals surface area contributed by atoms with Crippen molar-refractivity contribution in [3.05, 3.63) is 34.9 Å². The fourth-order valence-electron chi connectivity index (χ4n) is 4.13. The minimum Gasteiger partial charge on any atom is -0.507 e. The molecule has 3 rings (SSSR count). The molecule has 2 atom stereocenters. The summed E-state index contributed by atoms with van der Waals surface area (Å²) in [6.45, 7) is 8.31. The monoisotopic (exact) mass is 316 g/mol. The third-order valence-electron chi connectivity index (χ3n) is 5.37. The lowest BCUT2D eigenvalue weighted by Crippen LogP contribution is -2.45. The third kappa shape index (κ3) is 3.13. The van der Waals surface area contributed by atoms with E-state index in [1.165, 1.54) is 5.57 Å². The van der Waals surface area contributed by atoms with Crippen molar-refractivity contribution in [2.75, 3.05) is 0 Å². The van der Waals surface area contributed by atoms with Gasteiger partial charge in [0.05, 0.1) is 0 Å². The van der Waals surface area contributed by atoms with Crippen LogP contribution in [-0.4, -0.2) is 10.7 Å². The second kappa shape index (κ2) is 6.22. The number of aryl methyl sites for hydroxylation is 1. The van der Waals surface area contributed by atoms with Crippen molar-refractivity contribution >= 4 is 0 Å².